The van der Waals surface area contributed by atoms with Gasteiger partial charge in [-0.1, -0.05) is 61.3 Å². The van der Waals surface area contributed by atoms with Gasteiger partial charge >= 0.3 is 0 Å². The minimum atomic E-state index is -2.04. The Kier molecular flexibility index (Phi) is 13.7. The topological polar surface area (TPSA) is 86.6 Å². The molecular formula is C26H54O7Si. The molecule has 0 aromatic heterocycles. The lowest BCUT2D eigenvalue weighted by Gasteiger charge is -2.39. The van der Waals surface area contributed by atoms with E-state index >= 15 is 0 Å². The molecule has 0 aromatic carbocycles. The van der Waals surface area contributed by atoms with E-state index in [0.717, 1.165) is 25.7 Å². The van der Waals surface area contributed by atoms with Crippen LogP contribution in [-0.4, -0.2) is 74.8 Å². The number of rotatable bonds is 15. The van der Waals surface area contributed by atoms with Crippen molar-refractivity contribution in [3.63, 3.8) is 0 Å². The van der Waals surface area contributed by atoms with Crippen LogP contribution >= 0.6 is 0 Å². The fourth-order valence-corrected chi connectivity index (χ4v) is 4.64. The van der Waals surface area contributed by atoms with Crippen LogP contribution in [0.4, 0.5) is 0 Å². The van der Waals surface area contributed by atoms with Crippen LogP contribution in [0.1, 0.15) is 93.4 Å². The fourth-order valence-electron chi connectivity index (χ4n) is 3.63. The summed E-state index contributed by atoms with van der Waals surface area (Å²) in [6.07, 6.45) is 1.95. The van der Waals surface area contributed by atoms with Gasteiger partial charge in [0.15, 0.2) is 20.4 Å². The van der Waals surface area contributed by atoms with Gasteiger partial charge in [0.2, 0.25) is 0 Å². The highest BCUT2D eigenvalue weighted by Gasteiger charge is 2.45. The molecule has 1 rings (SSSR count). The highest BCUT2D eigenvalue weighted by molar-refractivity contribution is 6.74. The Bertz CT molecular complexity index is 548. The third-order valence-corrected chi connectivity index (χ3v) is 11.9. The van der Waals surface area contributed by atoms with Crippen LogP contribution in [0, 0.1) is 0 Å². The Morgan fingerprint density at radius 1 is 0.912 bits per heavy atom. The quantitative estimate of drug-likeness (QED) is 0.175. The van der Waals surface area contributed by atoms with Gasteiger partial charge in [0.1, 0.15) is 18.3 Å². The molecular weight excluding hydrogens is 452 g/mol. The summed E-state index contributed by atoms with van der Waals surface area (Å²) in [5, 5.41) is 21.9. The van der Waals surface area contributed by atoms with Gasteiger partial charge in [-0.2, -0.15) is 0 Å². The molecule has 7 nitrogen and oxygen atoms in total. The average Bonchev–Trinajstić information content (AvgIpc) is 2.89. The highest BCUT2D eigenvalue weighted by atomic mass is 28.4. The fraction of sp³-hybridized carbons (Fsp3) is 1.00. The van der Waals surface area contributed by atoms with Gasteiger partial charge in [0.05, 0.1) is 12.7 Å². The van der Waals surface area contributed by atoms with Crippen LogP contribution in [0.3, 0.4) is 0 Å². The zero-order valence-corrected chi connectivity index (χ0v) is 24.4. The summed E-state index contributed by atoms with van der Waals surface area (Å²) in [4.78, 5) is 0. The summed E-state index contributed by atoms with van der Waals surface area (Å²) in [5.41, 5.74) is 0. The van der Waals surface area contributed by atoms with Gasteiger partial charge in [-0.25, -0.2) is 0 Å². The lowest BCUT2D eigenvalue weighted by Crippen LogP contribution is -2.48. The first kappa shape index (κ1) is 32.0. The molecule has 8 heteroatoms. The van der Waals surface area contributed by atoms with Crippen LogP contribution in [0.2, 0.25) is 18.1 Å². The number of aliphatic hydroxyl groups is 2. The van der Waals surface area contributed by atoms with Gasteiger partial charge in [0, 0.05) is 19.6 Å². The molecule has 5 atom stereocenters. The van der Waals surface area contributed by atoms with E-state index in [4.69, 9.17) is 23.4 Å². The minimum absolute atomic E-state index is 0.0519. The van der Waals surface area contributed by atoms with Crippen molar-refractivity contribution in [2.75, 3.05) is 19.8 Å². The number of hydrogen-bond donors (Lipinski definition) is 2. The molecule has 1 fully saturated rings. The van der Waals surface area contributed by atoms with Crippen LogP contribution in [0.25, 0.3) is 0 Å². The predicted molar refractivity (Wildman–Crippen MR) is 138 cm³/mol. The summed E-state index contributed by atoms with van der Waals surface area (Å²) in [7, 11) is -2.04. The van der Waals surface area contributed by atoms with Gasteiger partial charge in [-0.3, -0.25) is 0 Å². The molecule has 2 N–H and O–H groups in total. The summed E-state index contributed by atoms with van der Waals surface area (Å²) in [6.45, 7) is 20.5. The molecule has 1 unspecified atom stereocenters. The Hall–Kier alpha value is -0.0631. The molecule has 0 aliphatic carbocycles. The Balaban J connectivity index is 3.21. The molecule has 204 valence electrons. The van der Waals surface area contributed by atoms with Crippen LogP contribution in [0.15, 0.2) is 0 Å². The third kappa shape index (κ3) is 9.77. The number of unbranched alkanes of at least 4 members (excludes halogenated alkanes) is 2. The van der Waals surface area contributed by atoms with Crippen molar-refractivity contribution >= 4 is 8.32 Å². The Morgan fingerprint density at radius 3 is 1.97 bits per heavy atom. The summed E-state index contributed by atoms with van der Waals surface area (Å²) < 4.78 is 31.4. The van der Waals surface area contributed by atoms with E-state index in [0.29, 0.717) is 39.1 Å². The van der Waals surface area contributed by atoms with E-state index in [9.17, 15) is 10.2 Å². The van der Waals surface area contributed by atoms with E-state index in [1.807, 2.05) is 13.8 Å². The zero-order valence-electron chi connectivity index (χ0n) is 23.4. The minimum Gasteiger partial charge on any atom is -0.414 e. The van der Waals surface area contributed by atoms with Crippen molar-refractivity contribution in [1.29, 1.82) is 0 Å². The molecule has 0 aromatic rings. The first-order chi connectivity index (χ1) is 15.8. The van der Waals surface area contributed by atoms with Gasteiger partial charge < -0.3 is 33.6 Å². The van der Waals surface area contributed by atoms with Crippen molar-refractivity contribution in [2.24, 2.45) is 0 Å². The molecule has 0 bridgehead atoms. The summed E-state index contributed by atoms with van der Waals surface area (Å²) in [5.74, 6) is -1.32. The van der Waals surface area contributed by atoms with Gasteiger partial charge in [-0.05, 0) is 43.8 Å². The predicted octanol–water partition coefficient (Wildman–Crippen LogP) is 5.38. The zero-order chi connectivity index (χ0) is 26.0. The first-order valence-electron chi connectivity index (χ1n) is 13.4. The van der Waals surface area contributed by atoms with Crippen LogP contribution in [0.5, 0.6) is 0 Å². The molecule has 0 radical (unpaired) electrons. The second-order valence-electron chi connectivity index (χ2n) is 11.1. The second-order valence-corrected chi connectivity index (χ2v) is 15.9. The monoisotopic (exact) mass is 506 g/mol. The van der Waals surface area contributed by atoms with Crippen molar-refractivity contribution < 1.29 is 33.6 Å². The standard InChI is InChI=1S/C26H54O7Si/c1-10-14-16-29-20-18-21(33-26(28,12-3)13-4)24(27)32-22(23(20)30-17-15-11-2)19-31-34(8,9)25(5,6)7/h20-24,27-28H,10-19H2,1-9H3/t20-,21-,22-,23+,24?/m1/s1. The second kappa shape index (κ2) is 14.6. The molecule has 34 heavy (non-hydrogen) atoms. The molecule has 1 aliphatic heterocycles. The summed E-state index contributed by atoms with van der Waals surface area (Å²) >= 11 is 0. The first-order valence-corrected chi connectivity index (χ1v) is 16.4. The molecule has 0 spiro atoms. The number of ether oxygens (including phenoxy) is 4. The van der Waals surface area contributed by atoms with Crippen molar-refractivity contribution in [2.45, 2.75) is 148 Å². The smallest absolute Gasteiger partial charge is 0.192 e. The molecule has 1 saturated heterocycles. The SMILES string of the molecule is CCCCO[C@H]1[C@H](OCCCC)C[C@@H](OC(O)(CC)CC)C(O)O[C@@H]1CO[Si](C)(C)C(C)(C)C. The largest absolute Gasteiger partial charge is 0.414 e. The lowest BCUT2D eigenvalue weighted by molar-refractivity contribution is -0.288. The van der Waals surface area contributed by atoms with Crippen molar-refractivity contribution in [3.8, 4) is 0 Å². The highest BCUT2D eigenvalue weighted by Crippen LogP contribution is 2.37. The van der Waals surface area contributed by atoms with E-state index in [-0.39, 0.29) is 11.1 Å². The maximum atomic E-state index is 11.0. The van der Waals surface area contributed by atoms with E-state index < -0.39 is 38.7 Å². The van der Waals surface area contributed by atoms with Gasteiger partial charge in [-0.15, -0.1) is 0 Å². The molecule has 1 heterocycles. The number of hydrogen-bond acceptors (Lipinski definition) is 7. The third-order valence-electron chi connectivity index (χ3n) is 7.36. The van der Waals surface area contributed by atoms with E-state index in [1.165, 1.54) is 0 Å². The maximum Gasteiger partial charge on any atom is 0.192 e. The van der Waals surface area contributed by atoms with Crippen LogP contribution in [-0.2, 0) is 23.4 Å². The van der Waals surface area contributed by atoms with Crippen LogP contribution < -0.4 is 0 Å². The summed E-state index contributed by atoms with van der Waals surface area (Å²) in [6, 6.07) is 0. The average molecular weight is 507 g/mol. The molecule has 1 aliphatic rings. The normalized spacial score (nSPS) is 27.1. The van der Waals surface area contributed by atoms with Crippen molar-refractivity contribution in [3.05, 3.63) is 0 Å². The van der Waals surface area contributed by atoms with Gasteiger partial charge in [0.25, 0.3) is 0 Å². The lowest BCUT2D eigenvalue weighted by atomic mass is 10.0. The van der Waals surface area contributed by atoms with E-state index in [2.05, 4.69) is 47.7 Å². The Labute approximate surface area is 210 Å². The maximum absolute atomic E-state index is 11.0. The van der Waals surface area contributed by atoms with Crippen molar-refractivity contribution in [1.82, 2.24) is 0 Å². The molecule has 0 amide bonds. The van der Waals surface area contributed by atoms with E-state index in [1.54, 1.807) is 0 Å². The number of aliphatic hydroxyl groups excluding tert-OH is 1. The molecule has 0 saturated carbocycles. The Morgan fingerprint density at radius 2 is 1.47 bits per heavy atom.